The Morgan fingerprint density at radius 1 is 1.12 bits per heavy atom. The van der Waals surface area contributed by atoms with Crippen molar-refractivity contribution < 1.29 is 0 Å². The van der Waals surface area contributed by atoms with Crippen LogP contribution in [0.3, 0.4) is 0 Å². The first-order chi connectivity index (χ1) is 12.7. The second kappa shape index (κ2) is 6.34. The summed E-state index contributed by atoms with van der Waals surface area (Å²) in [6.07, 6.45) is 4.13. The Labute approximate surface area is 150 Å². The molecule has 0 aliphatic heterocycles. The summed E-state index contributed by atoms with van der Waals surface area (Å²) in [6.45, 7) is 2.10. The molecule has 4 rings (SSSR count). The number of hydrogen-bond acceptors (Lipinski definition) is 3. The maximum absolute atomic E-state index is 12.8. The van der Waals surface area contributed by atoms with Gasteiger partial charge in [0.1, 0.15) is 0 Å². The normalized spacial score (nSPS) is 10.8. The molecule has 0 saturated heterocycles. The predicted molar refractivity (Wildman–Crippen MR) is 102 cm³/mol. The Balaban J connectivity index is 2.13. The van der Waals surface area contributed by atoms with Crippen molar-refractivity contribution in [2.45, 2.75) is 13.3 Å². The molecule has 0 fully saturated rings. The molecule has 0 spiro atoms. The molecule has 0 radical (unpaired) electrons. The number of fused-ring (bicyclic) bond motifs is 1. The molecule has 0 aliphatic carbocycles. The molecule has 2 N–H and O–H groups in total. The van der Waals surface area contributed by atoms with Gasteiger partial charge in [0.2, 0.25) is 0 Å². The summed E-state index contributed by atoms with van der Waals surface area (Å²) in [5.41, 5.74) is 5.17. The lowest BCUT2D eigenvalue weighted by molar-refractivity contribution is 1.14. The highest BCUT2D eigenvalue weighted by Gasteiger charge is 2.17. The average molecular weight is 340 g/mol. The van der Waals surface area contributed by atoms with Gasteiger partial charge in [-0.15, -0.1) is 0 Å². The number of rotatable bonds is 3. The first kappa shape index (κ1) is 15.9. The first-order valence-corrected chi connectivity index (χ1v) is 8.39. The molecule has 0 amide bonds. The standard InChI is InChI=1S/C21H16N4O/c1-2-13-3-6-15(7-4-13)19-16-9-14(10-22)5-8-17(16)25-21(26)20(19)18-11-23-12-24-18/h3-9,11-12H,2H2,1H3,(H,23,24)(H,25,26). The summed E-state index contributed by atoms with van der Waals surface area (Å²) in [6, 6.07) is 15.6. The van der Waals surface area contributed by atoms with Gasteiger partial charge in [0.25, 0.3) is 5.56 Å². The molecular weight excluding hydrogens is 324 g/mol. The number of nitrogens with zero attached hydrogens (tertiary/aromatic N) is 2. The van der Waals surface area contributed by atoms with Crippen LogP contribution in [0.25, 0.3) is 33.3 Å². The van der Waals surface area contributed by atoms with Crippen molar-refractivity contribution in [3.63, 3.8) is 0 Å². The highest BCUT2D eigenvalue weighted by atomic mass is 16.1. The van der Waals surface area contributed by atoms with Crippen molar-refractivity contribution in [2.75, 3.05) is 0 Å². The fourth-order valence-electron chi connectivity index (χ4n) is 3.22. The highest BCUT2D eigenvalue weighted by molar-refractivity contribution is 6.02. The molecule has 0 unspecified atom stereocenters. The zero-order valence-corrected chi connectivity index (χ0v) is 14.2. The minimum atomic E-state index is -0.193. The Morgan fingerprint density at radius 2 is 1.92 bits per heavy atom. The molecule has 2 aromatic carbocycles. The maximum Gasteiger partial charge on any atom is 0.258 e. The first-order valence-electron chi connectivity index (χ1n) is 8.39. The smallest absolute Gasteiger partial charge is 0.258 e. The number of aromatic amines is 2. The summed E-state index contributed by atoms with van der Waals surface area (Å²) < 4.78 is 0. The van der Waals surface area contributed by atoms with Crippen LogP contribution in [0.4, 0.5) is 0 Å². The number of imidazole rings is 1. The number of nitriles is 1. The van der Waals surface area contributed by atoms with Gasteiger partial charge in [-0.3, -0.25) is 4.79 Å². The lowest BCUT2D eigenvalue weighted by Gasteiger charge is -2.13. The summed E-state index contributed by atoms with van der Waals surface area (Å²) in [5.74, 6) is 0. The quantitative estimate of drug-likeness (QED) is 0.590. The molecular formula is C21H16N4O. The van der Waals surface area contributed by atoms with E-state index in [-0.39, 0.29) is 5.56 Å². The molecule has 2 heterocycles. The van der Waals surface area contributed by atoms with E-state index in [4.69, 9.17) is 0 Å². The van der Waals surface area contributed by atoms with Gasteiger partial charge in [0.05, 0.1) is 35.4 Å². The molecule has 2 aromatic heterocycles. The SMILES string of the molecule is CCc1ccc(-c2c(-c3cnc[nH]3)c(=O)[nH]c3ccc(C#N)cc23)cc1. The van der Waals surface area contributed by atoms with Gasteiger partial charge in [0.15, 0.2) is 0 Å². The Hall–Kier alpha value is -3.65. The molecule has 0 bridgehead atoms. The van der Waals surface area contributed by atoms with Gasteiger partial charge in [0, 0.05) is 16.5 Å². The fourth-order valence-corrected chi connectivity index (χ4v) is 3.22. The second-order valence-corrected chi connectivity index (χ2v) is 6.09. The Bertz CT molecular complexity index is 1180. The minimum Gasteiger partial charge on any atom is -0.344 e. The largest absolute Gasteiger partial charge is 0.344 e. The molecule has 0 saturated carbocycles. The molecule has 0 aliphatic rings. The number of aromatic nitrogens is 3. The van der Waals surface area contributed by atoms with E-state index in [0.717, 1.165) is 22.9 Å². The van der Waals surface area contributed by atoms with E-state index in [1.165, 1.54) is 5.56 Å². The van der Waals surface area contributed by atoms with Crippen LogP contribution < -0.4 is 5.56 Å². The van der Waals surface area contributed by atoms with Crippen molar-refractivity contribution in [2.24, 2.45) is 0 Å². The van der Waals surface area contributed by atoms with E-state index in [1.807, 2.05) is 18.2 Å². The van der Waals surface area contributed by atoms with Crippen LogP contribution >= 0.6 is 0 Å². The molecule has 5 nitrogen and oxygen atoms in total. The average Bonchev–Trinajstić information content (AvgIpc) is 3.21. The molecule has 4 aromatic rings. The van der Waals surface area contributed by atoms with Crippen LogP contribution in [0.1, 0.15) is 18.1 Å². The second-order valence-electron chi connectivity index (χ2n) is 6.09. The van der Waals surface area contributed by atoms with Crippen molar-refractivity contribution in [1.29, 1.82) is 5.26 Å². The van der Waals surface area contributed by atoms with Crippen molar-refractivity contribution in [3.05, 3.63) is 76.5 Å². The van der Waals surface area contributed by atoms with E-state index in [9.17, 15) is 10.1 Å². The number of aryl methyl sites for hydroxylation is 1. The van der Waals surface area contributed by atoms with Crippen molar-refractivity contribution in [1.82, 2.24) is 15.0 Å². The van der Waals surface area contributed by atoms with E-state index in [1.54, 1.807) is 24.7 Å². The molecule has 5 heteroatoms. The van der Waals surface area contributed by atoms with Crippen LogP contribution in [-0.2, 0) is 6.42 Å². The lowest BCUT2D eigenvalue weighted by Crippen LogP contribution is -2.11. The highest BCUT2D eigenvalue weighted by Crippen LogP contribution is 2.34. The van der Waals surface area contributed by atoms with Crippen molar-refractivity contribution >= 4 is 10.9 Å². The van der Waals surface area contributed by atoms with E-state index >= 15 is 0 Å². The van der Waals surface area contributed by atoms with Gasteiger partial charge in [-0.25, -0.2) is 4.98 Å². The molecule has 26 heavy (non-hydrogen) atoms. The van der Waals surface area contributed by atoms with Gasteiger partial charge in [-0.1, -0.05) is 31.2 Å². The van der Waals surface area contributed by atoms with Crippen LogP contribution in [0.5, 0.6) is 0 Å². The number of H-pyrrole nitrogens is 2. The fraction of sp³-hybridized carbons (Fsp3) is 0.0952. The summed E-state index contributed by atoms with van der Waals surface area (Å²) >= 11 is 0. The molecule has 126 valence electrons. The third-order valence-corrected chi connectivity index (χ3v) is 4.56. The third kappa shape index (κ3) is 2.58. The van der Waals surface area contributed by atoms with E-state index < -0.39 is 0 Å². The zero-order valence-electron chi connectivity index (χ0n) is 14.2. The maximum atomic E-state index is 12.8. The van der Waals surface area contributed by atoms with Crippen LogP contribution in [0.2, 0.25) is 0 Å². The summed E-state index contributed by atoms with van der Waals surface area (Å²) in [4.78, 5) is 22.8. The monoisotopic (exact) mass is 340 g/mol. The number of nitrogens with one attached hydrogen (secondary N) is 2. The minimum absolute atomic E-state index is 0.193. The zero-order chi connectivity index (χ0) is 18.1. The van der Waals surface area contributed by atoms with E-state index in [0.29, 0.717) is 22.3 Å². The topological polar surface area (TPSA) is 85.3 Å². The number of benzene rings is 2. The van der Waals surface area contributed by atoms with Crippen LogP contribution in [0.15, 0.2) is 59.8 Å². The Kier molecular flexibility index (Phi) is 3.86. The van der Waals surface area contributed by atoms with E-state index in [2.05, 4.69) is 40.1 Å². The number of pyridine rings is 1. The van der Waals surface area contributed by atoms with Gasteiger partial charge in [-0.2, -0.15) is 5.26 Å². The summed E-state index contributed by atoms with van der Waals surface area (Å²) in [5, 5.41) is 10.1. The Morgan fingerprint density at radius 3 is 2.58 bits per heavy atom. The van der Waals surface area contributed by atoms with Crippen LogP contribution in [-0.4, -0.2) is 15.0 Å². The van der Waals surface area contributed by atoms with Crippen molar-refractivity contribution in [3.8, 4) is 28.5 Å². The predicted octanol–water partition coefficient (Wildman–Crippen LogP) is 4.02. The van der Waals surface area contributed by atoms with Gasteiger partial charge < -0.3 is 9.97 Å². The summed E-state index contributed by atoms with van der Waals surface area (Å²) in [7, 11) is 0. The van der Waals surface area contributed by atoms with Gasteiger partial charge >= 0.3 is 0 Å². The lowest BCUT2D eigenvalue weighted by atomic mass is 9.93. The van der Waals surface area contributed by atoms with Crippen LogP contribution in [0, 0.1) is 11.3 Å². The molecule has 0 atom stereocenters. The van der Waals surface area contributed by atoms with Gasteiger partial charge in [-0.05, 0) is 35.7 Å². The number of hydrogen-bond donors (Lipinski definition) is 2. The third-order valence-electron chi connectivity index (χ3n) is 4.56.